The van der Waals surface area contributed by atoms with Gasteiger partial charge in [-0.3, -0.25) is 19.5 Å². The monoisotopic (exact) mass is 544 g/mol. The molecule has 5 rings (SSSR count). The largest absolute Gasteiger partial charge is 0.497 e. The molecule has 11 nitrogen and oxygen atoms in total. The highest BCUT2D eigenvalue weighted by atomic mass is 16.6. The quantitative estimate of drug-likeness (QED) is 0.513. The number of nitrogens with one attached hydrogen (secondary N) is 1. The Morgan fingerprint density at radius 1 is 1.02 bits per heavy atom. The van der Waals surface area contributed by atoms with E-state index < -0.39 is 11.5 Å². The number of aromatic nitrogens is 2. The molecule has 0 spiro atoms. The molecular formula is C29H32N6O5. The van der Waals surface area contributed by atoms with Crippen LogP contribution >= 0.6 is 0 Å². The molecule has 3 amide bonds. The molecule has 3 aromatic rings. The summed E-state index contributed by atoms with van der Waals surface area (Å²) < 4.78 is 10.8. The van der Waals surface area contributed by atoms with Crippen molar-refractivity contribution in [2.24, 2.45) is 0 Å². The third-order valence-electron chi connectivity index (χ3n) is 6.68. The number of ether oxygens (including phenoxy) is 2. The smallest absolute Gasteiger partial charge is 0.410 e. The maximum Gasteiger partial charge on any atom is 0.410 e. The zero-order valence-electron chi connectivity index (χ0n) is 23.0. The van der Waals surface area contributed by atoms with Crippen LogP contribution in [-0.4, -0.2) is 71.7 Å². The van der Waals surface area contributed by atoms with E-state index in [0.29, 0.717) is 55.5 Å². The maximum absolute atomic E-state index is 13.3. The molecule has 11 heteroatoms. The van der Waals surface area contributed by atoms with E-state index in [2.05, 4.69) is 20.2 Å². The van der Waals surface area contributed by atoms with Gasteiger partial charge in [0, 0.05) is 37.9 Å². The van der Waals surface area contributed by atoms with Crippen molar-refractivity contribution in [1.29, 1.82) is 0 Å². The molecule has 0 aliphatic carbocycles. The van der Waals surface area contributed by atoms with Gasteiger partial charge in [-0.1, -0.05) is 6.07 Å². The Bertz CT molecular complexity index is 1440. The summed E-state index contributed by atoms with van der Waals surface area (Å²) in [6, 6.07) is 12.2. The lowest BCUT2D eigenvalue weighted by Gasteiger charge is -2.37. The Morgan fingerprint density at radius 3 is 2.52 bits per heavy atom. The third kappa shape index (κ3) is 5.68. The van der Waals surface area contributed by atoms with Crippen LogP contribution in [0.5, 0.6) is 5.75 Å². The van der Waals surface area contributed by atoms with E-state index in [9.17, 15) is 14.4 Å². The number of hydrogen-bond acceptors (Lipinski definition) is 8. The summed E-state index contributed by atoms with van der Waals surface area (Å²) in [6.07, 6.45) is 2.92. The first-order valence-electron chi connectivity index (χ1n) is 13.1. The van der Waals surface area contributed by atoms with E-state index in [0.717, 1.165) is 11.3 Å². The van der Waals surface area contributed by atoms with Crippen molar-refractivity contribution in [2.75, 3.05) is 48.4 Å². The summed E-state index contributed by atoms with van der Waals surface area (Å²) in [5.41, 5.74) is 2.37. The average Bonchev–Trinajstić information content (AvgIpc) is 3.28. The van der Waals surface area contributed by atoms with E-state index in [4.69, 9.17) is 9.47 Å². The van der Waals surface area contributed by atoms with E-state index in [1.807, 2.05) is 32.9 Å². The second-order valence-corrected chi connectivity index (χ2v) is 10.6. The van der Waals surface area contributed by atoms with Crippen molar-refractivity contribution in [1.82, 2.24) is 14.9 Å². The maximum atomic E-state index is 13.3. The molecular weight excluding hydrogens is 512 g/mol. The zero-order valence-corrected chi connectivity index (χ0v) is 23.0. The lowest BCUT2D eigenvalue weighted by Crippen LogP contribution is -2.50. The molecule has 4 heterocycles. The van der Waals surface area contributed by atoms with E-state index in [1.54, 1.807) is 59.6 Å². The predicted molar refractivity (Wildman–Crippen MR) is 150 cm³/mol. The van der Waals surface area contributed by atoms with Gasteiger partial charge in [0.25, 0.3) is 11.8 Å². The van der Waals surface area contributed by atoms with Crippen molar-refractivity contribution in [3.8, 4) is 5.75 Å². The van der Waals surface area contributed by atoms with Crippen molar-refractivity contribution in [3.05, 3.63) is 71.7 Å². The molecule has 0 atom stereocenters. The molecule has 1 fully saturated rings. The molecule has 0 unspecified atom stereocenters. The van der Waals surface area contributed by atoms with Gasteiger partial charge in [0.1, 0.15) is 22.9 Å². The first-order chi connectivity index (χ1) is 19.1. The SMILES string of the molecule is COc1ccc2c(c1)CN(c1cccc(C(=O)Nc3cnccc3N3CCN(C(=O)OC(C)(C)C)CC3)n1)C2=O. The summed E-state index contributed by atoms with van der Waals surface area (Å²) in [7, 11) is 1.58. The predicted octanol–water partition coefficient (Wildman–Crippen LogP) is 3.96. The molecule has 40 heavy (non-hydrogen) atoms. The molecule has 1 aromatic carbocycles. The van der Waals surface area contributed by atoms with Crippen molar-refractivity contribution < 1.29 is 23.9 Å². The fraction of sp³-hybridized carbons (Fsp3) is 0.345. The van der Waals surface area contributed by atoms with Crippen LogP contribution in [0.1, 0.15) is 47.2 Å². The van der Waals surface area contributed by atoms with Crippen LogP contribution in [-0.2, 0) is 11.3 Å². The van der Waals surface area contributed by atoms with Crippen LogP contribution in [0, 0.1) is 0 Å². The van der Waals surface area contributed by atoms with Gasteiger partial charge in [-0.15, -0.1) is 0 Å². The van der Waals surface area contributed by atoms with Crippen LogP contribution in [0.15, 0.2) is 54.9 Å². The van der Waals surface area contributed by atoms with E-state index >= 15 is 0 Å². The lowest BCUT2D eigenvalue weighted by atomic mass is 10.1. The van der Waals surface area contributed by atoms with Crippen LogP contribution < -0.4 is 19.9 Å². The molecule has 2 aliphatic heterocycles. The Balaban J connectivity index is 1.27. The summed E-state index contributed by atoms with van der Waals surface area (Å²) >= 11 is 0. The Kier molecular flexibility index (Phi) is 7.29. The van der Waals surface area contributed by atoms with Gasteiger partial charge in [0.15, 0.2) is 0 Å². The summed E-state index contributed by atoms with van der Waals surface area (Å²) in [5, 5.41) is 2.92. The van der Waals surface area contributed by atoms with Crippen LogP contribution in [0.2, 0.25) is 0 Å². The molecule has 1 saturated heterocycles. The van der Waals surface area contributed by atoms with E-state index in [-0.39, 0.29) is 17.7 Å². The highest BCUT2D eigenvalue weighted by molar-refractivity contribution is 6.10. The van der Waals surface area contributed by atoms with Gasteiger partial charge in [-0.2, -0.15) is 0 Å². The molecule has 0 saturated carbocycles. The number of methoxy groups -OCH3 is 1. The first kappa shape index (κ1) is 26.9. The normalized spacial score (nSPS) is 15.1. The highest BCUT2D eigenvalue weighted by Crippen LogP contribution is 2.30. The standard InChI is InChI=1S/C29H32N6O5/c1-29(2,3)40-28(38)34-14-12-33(13-15-34)24-10-11-30-17-23(24)32-26(36)22-6-5-7-25(31-22)35-18-19-16-20(39-4)8-9-21(19)27(35)37/h5-11,16-17H,12-15,18H2,1-4H3,(H,32,36). The molecule has 0 bridgehead atoms. The number of amides is 3. The summed E-state index contributed by atoms with van der Waals surface area (Å²) in [6.45, 7) is 8.00. The zero-order chi connectivity index (χ0) is 28.4. The van der Waals surface area contributed by atoms with Gasteiger partial charge < -0.3 is 24.6 Å². The van der Waals surface area contributed by atoms with Gasteiger partial charge in [-0.05, 0) is 62.7 Å². The number of benzene rings is 1. The Labute approximate surface area is 232 Å². The molecule has 0 radical (unpaired) electrons. The van der Waals surface area contributed by atoms with Gasteiger partial charge in [-0.25, -0.2) is 9.78 Å². The number of carbonyl (C=O) groups is 3. The topological polar surface area (TPSA) is 117 Å². The molecule has 1 N–H and O–H groups in total. The van der Waals surface area contributed by atoms with Gasteiger partial charge in [0.2, 0.25) is 0 Å². The minimum atomic E-state index is -0.554. The fourth-order valence-corrected chi connectivity index (χ4v) is 4.71. The number of rotatable bonds is 5. The van der Waals surface area contributed by atoms with Gasteiger partial charge in [0.05, 0.1) is 31.2 Å². The van der Waals surface area contributed by atoms with Crippen molar-refractivity contribution >= 4 is 35.1 Å². The number of nitrogens with zero attached hydrogens (tertiary/aromatic N) is 5. The molecule has 208 valence electrons. The number of fused-ring (bicyclic) bond motifs is 1. The second kappa shape index (κ2) is 10.8. The lowest BCUT2D eigenvalue weighted by molar-refractivity contribution is 0.0240. The molecule has 2 aromatic heterocycles. The molecule has 2 aliphatic rings. The van der Waals surface area contributed by atoms with Crippen LogP contribution in [0.3, 0.4) is 0 Å². The minimum absolute atomic E-state index is 0.170. The van der Waals surface area contributed by atoms with Crippen LogP contribution in [0.4, 0.5) is 22.0 Å². The summed E-state index contributed by atoms with van der Waals surface area (Å²) in [5.74, 6) is 0.461. The third-order valence-corrected chi connectivity index (χ3v) is 6.68. The minimum Gasteiger partial charge on any atom is -0.497 e. The highest BCUT2D eigenvalue weighted by Gasteiger charge is 2.30. The van der Waals surface area contributed by atoms with Gasteiger partial charge >= 0.3 is 6.09 Å². The Hall–Kier alpha value is -4.67. The summed E-state index contributed by atoms with van der Waals surface area (Å²) in [4.78, 5) is 52.7. The first-order valence-corrected chi connectivity index (χ1v) is 13.1. The van der Waals surface area contributed by atoms with Crippen molar-refractivity contribution in [3.63, 3.8) is 0 Å². The van der Waals surface area contributed by atoms with Crippen LogP contribution in [0.25, 0.3) is 0 Å². The second-order valence-electron chi connectivity index (χ2n) is 10.6. The number of anilines is 3. The number of pyridine rings is 2. The van der Waals surface area contributed by atoms with Crippen molar-refractivity contribution in [2.45, 2.75) is 32.9 Å². The van der Waals surface area contributed by atoms with E-state index in [1.165, 1.54) is 0 Å². The fourth-order valence-electron chi connectivity index (χ4n) is 4.71. The Morgan fingerprint density at radius 2 is 1.80 bits per heavy atom. The average molecular weight is 545 g/mol. The number of carbonyl (C=O) groups excluding carboxylic acids is 3. The number of hydrogen-bond donors (Lipinski definition) is 1. The number of piperazine rings is 1.